The molecular weight excluding hydrogens is 232 g/mol. The van der Waals surface area contributed by atoms with Crippen molar-refractivity contribution in [2.24, 2.45) is 23.0 Å². The summed E-state index contributed by atoms with van der Waals surface area (Å²) in [6, 6.07) is 0.703. The van der Waals surface area contributed by atoms with Crippen LogP contribution in [-0.2, 0) is 0 Å². The van der Waals surface area contributed by atoms with Crippen LogP contribution in [0, 0.1) is 17.3 Å². The minimum absolute atomic E-state index is 0.247. The normalized spacial score (nSPS) is 38.8. The number of nitrogens with two attached hydrogens (primary N) is 1. The van der Waals surface area contributed by atoms with E-state index < -0.39 is 0 Å². The zero-order chi connectivity index (χ0) is 14.1. The summed E-state index contributed by atoms with van der Waals surface area (Å²) < 4.78 is 0. The van der Waals surface area contributed by atoms with Crippen LogP contribution in [-0.4, -0.2) is 18.1 Å². The molecule has 0 saturated heterocycles. The van der Waals surface area contributed by atoms with Crippen molar-refractivity contribution in [1.82, 2.24) is 5.32 Å². The van der Waals surface area contributed by atoms with E-state index in [1.807, 2.05) is 0 Å². The molecule has 0 radical (unpaired) electrons. The molecular formula is C17H34N2. The van der Waals surface area contributed by atoms with Crippen molar-refractivity contribution in [3.05, 3.63) is 0 Å². The van der Waals surface area contributed by atoms with Crippen LogP contribution in [0.3, 0.4) is 0 Å². The first-order valence-corrected chi connectivity index (χ1v) is 8.34. The molecule has 0 aromatic heterocycles. The second-order valence-electron chi connectivity index (χ2n) is 8.31. The Bertz CT molecular complexity index is 288. The first-order chi connectivity index (χ1) is 8.86. The predicted molar refractivity (Wildman–Crippen MR) is 83.1 cm³/mol. The van der Waals surface area contributed by atoms with Crippen molar-refractivity contribution in [2.45, 2.75) is 84.2 Å². The van der Waals surface area contributed by atoms with Crippen LogP contribution in [0.5, 0.6) is 0 Å². The van der Waals surface area contributed by atoms with E-state index in [9.17, 15) is 0 Å². The Balaban J connectivity index is 1.90. The molecule has 0 aromatic carbocycles. The highest BCUT2D eigenvalue weighted by Gasteiger charge is 2.39. The Kier molecular flexibility index (Phi) is 4.62. The number of hydrogen-bond acceptors (Lipinski definition) is 2. The highest BCUT2D eigenvalue weighted by atomic mass is 15.0. The summed E-state index contributed by atoms with van der Waals surface area (Å²) in [6.07, 6.45) is 9.30. The van der Waals surface area contributed by atoms with Gasteiger partial charge in [0.05, 0.1) is 0 Å². The van der Waals surface area contributed by atoms with E-state index in [1.54, 1.807) is 0 Å². The molecule has 0 heterocycles. The molecule has 2 fully saturated rings. The maximum atomic E-state index is 6.14. The molecule has 2 nitrogen and oxygen atoms in total. The number of hydrogen-bond donors (Lipinski definition) is 2. The Morgan fingerprint density at radius 2 is 1.74 bits per heavy atom. The maximum absolute atomic E-state index is 6.14. The topological polar surface area (TPSA) is 38.0 Å². The Morgan fingerprint density at radius 3 is 2.16 bits per heavy atom. The third kappa shape index (κ3) is 3.72. The summed E-state index contributed by atoms with van der Waals surface area (Å²) in [4.78, 5) is 0. The summed E-state index contributed by atoms with van der Waals surface area (Å²) in [6.45, 7) is 10.4. The quantitative estimate of drug-likeness (QED) is 0.814. The van der Waals surface area contributed by atoms with E-state index in [0.717, 1.165) is 18.4 Å². The van der Waals surface area contributed by atoms with Crippen molar-refractivity contribution in [2.75, 3.05) is 6.54 Å². The van der Waals surface area contributed by atoms with E-state index >= 15 is 0 Å². The minimum Gasteiger partial charge on any atom is -0.329 e. The average Bonchev–Trinajstić information content (AvgIpc) is 2.69. The zero-order valence-corrected chi connectivity index (χ0v) is 13.5. The van der Waals surface area contributed by atoms with E-state index in [2.05, 4.69) is 33.0 Å². The lowest BCUT2D eigenvalue weighted by molar-refractivity contribution is 0.150. The van der Waals surface area contributed by atoms with Gasteiger partial charge in [-0.05, 0) is 62.2 Å². The average molecular weight is 266 g/mol. The molecule has 2 rings (SSSR count). The fourth-order valence-electron chi connectivity index (χ4n) is 4.26. The van der Waals surface area contributed by atoms with Crippen molar-refractivity contribution in [1.29, 1.82) is 0 Å². The van der Waals surface area contributed by atoms with E-state index in [1.165, 1.54) is 44.9 Å². The molecule has 0 aromatic rings. The first kappa shape index (κ1) is 15.3. The van der Waals surface area contributed by atoms with E-state index in [-0.39, 0.29) is 5.54 Å². The van der Waals surface area contributed by atoms with Crippen LogP contribution in [0.25, 0.3) is 0 Å². The molecule has 0 spiro atoms. The largest absolute Gasteiger partial charge is 0.329 e. The standard InChI is InChI=1S/C17H34N2/c1-13(2)14-5-9-17(12-18,10-6-14)19-15-7-8-16(3,4)11-15/h13-15,19H,5-12,18H2,1-4H3. The molecule has 2 aliphatic rings. The van der Waals surface area contributed by atoms with Gasteiger partial charge < -0.3 is 11.1 Å². The van der Waals surface area contributed by atoms with Crippen LogP contribution in [0.2, 0.25) is 0 Å². The van der Waals surface area contributed by atoms with Crippen LogP contribution >= 0.6 is 0 Å². The highest BCUT2D eigenvalue weighted by Crippen LogP contribution is 2.40. The highest BCUT2D eigenvalue weighted by molar-refractivity contribution is 4.99. The van der Waals surface area contributed by atoms with Gasteiger partial charge in [-0.1, -0.05) is 27.7 Å². The van der Waals surface area contributed by atoms with Crippen molar-refractivity contribution in [3.8, 4) is 0 Å². The second-order valence-corrected chi connectivity index (χ2v) is 8.31. The van der Waals surface area contributed by atoms with Crippen LogP contribution in [0.4, 0.5) is 0 Å². The van der Waals surface area contributed by atoms with E-state index in [0.29, 0.717) is 11.5 Å². The third-order valence-corrected chi connectivity index (χ3v) is 5.80. The summed E-state index contributed by atoms with van der Waals surface area (Å²) in [7, 11) is 0. The van der Waals surface area contributed by atoms with Crippen LogP contribution in [0.1, 0.15) is 72.6 Å². The fraction of sp³-hybridized carbons (Fsp3) is 1.00. The Hall–Kier alpha value is -0.0800. The van der Waals surface area contributed by atoms with Gasteiger partial charge in [0.1, 0.15) is 0 Å². The van der Waals surface area contributed by atoms with Gasteiger partial charge in [-0.3, -0.25) is 0 Å². The SMILES string of the molecule is CC(C)C1CCC(CN)(NC2CCC(C)(C)C2)CC1. The van der Waals surface area contributed by atoms with Gasteiger partial charge in [-0.25, -0.2) is 0 Å². The van der Waals surface area contributed by atoms with Gasteiger partial charge in [0, 0.05) is 18.1 Å². The first-order valence-electron chi connectivity index (χ1n) is 8.34. The van der Waals surface area contributed by atoms with E-state index in [4.69, 9.17) is 5.73 Å². The molecule has 3 N–H and O–H groups in total. The van der Waals surface area contributed by atoms with Gasteiger partial charge in [0.15, 0.2) is 0 Å². The summed E-state index contributed by atoms with van der Waals surface area (Å²) in [5, 5.41) is 3.97. The van der Waals surface area contributed by atoms with Gasteiger partial charge in [-0.2, -0.15) is 0 Å². The Labute approximate surface area is 119 Å². The Morgan fingerprint density at radius 1 is 1.11 bits per heavy atom. The molecule has 0 amide bonds. The van der Waals surface area contributed by atoms with Crippen molar-refractivity contribution in [3.63, 3.8) is 0 Å². The maximum Gasteiger partial charge on any atom is 0.0306 e. The molecule has 112 valence electrons. The monoisotopic (exact) mass is 266 g/mol. The number of nitrogens with one attached hydrogen (secondary N) is 1. The second kappa shape index (κ2) is 5.73. The van der Waals surface area contributed by atoms with Gasteiger partial charge in [-0.15, -0.1) is 0 Å². The lowest BCUT2D eigenvalue weighted by Crippen LogP contribution is -2.56. The molecule has 1 atom stereocenters. The molecule has 2 heteroatoms. The molecule has 2 saturated carbocycles. The molecule has 2 aliphatic carbocycles. The predicted octanol–water partition coefficient (Wildman–Crippen LogP) is 3.70. The summed E-state index contributed by atoms with van der Waals surface area (Å²) in [5.41, 5.74) is 6.92. The fourth-order valence-corrected chi connectivity index (χ4v) is 4.26. The third-order valence-electron chi connectivity index (χ3n) is 5.80. The van der Waals surface area contributed by atoms with Crippen LogP contribution in [0.15, 0.2) is 0 Å². The van der Waals surface area contributed by atoms with Crippen molar-refractivity contribution < 1.29 is 0 Å². The molecule has 19 heavy (non-hydrogen) atoms. The van der Waals surface area contributed by atoms with Crippen LogP contribution < -0.4 is 11.1 Å². The lowest BCUT2D eigenvalue weighted by atomic mass is 9.72. The minimum atomic E-state index is 0.247. The van der Waals surface area contributed by atoms with Gasteiger partial charge >= 0.3 is 0 Å². The lowest BCUT2D eigenvalue weighted by Gasteiger charge is -2.43. The van der Waals surface area contributed by atoms with Crippen molar-refractivity contribution >= 4 is 0 Å². The van der Waals surface area contributed by atoms with Gasteiger partial charge in [0.25, 0.3) is 0 Å². The zero-order valence-electron chi connectivity index (χ0n) is 13.5. The summed E-state index contributed by atoms with van der Waals surface area (Å²) >= 11 is 0. The van der Waals surface area contributed by atoms with Gasteiger partial charge in [0.2, 0.25) is 0 Å². The molecule has 0 bridgehead atoms. The molecule has 0 aliphatic heterocycles. The number of rotatable bonds is 4. The summed E-state index contributed by atoms with van der Waals surface area (Å²) in [5.74, 6) is 1.75. The molecule has 1 unspecified atom stereocenters. The smallest absolute Gasteiger partial charge is 0.0306 e.